The third-order valence-electron chi connectivity index (χ3n) is 5.27. The van der Waals surface area contributed by atoms with Crippen molar-refractivity contribution in [3.05, 3.63) is 17.3 Å². The molecule has 1 aliphatic carbocycles. The van der Waals surface area contributed by atoms with Gasteiger partial charge in [-0.1, -0.05) is 25.7 Å². The highest BCUT2D eigenvalue weighted by Crippen LogP contribution is 2.30. The van der Waals surface area contributed by atoms with E-state index in [4.69, 9.17) is 4.74 Å². The number of thiophene rings is 1. The highest BCUT2D eigenvalue weighted by molar-refractivity contribution is 7.18. The van der Waals surface area contributed by atoms with E-state index in [1.165, 1.54) is 61.6 Å². The third-order valence-corrected chi connectivity index (χ3v) is 6.31. The first kappa shape index (κ1) is 22.6. The molecule has 1 saturated carbocycles. The fourth-order valence-corrected chi connectivity index (χ4v) is 4.85. The lowest BCUT2D eigenvalue weighted by atomic mass is 10.1. The molecule has 0 amide bonds. The molecule has 152 valence electrons. The maximum absolute atomic E-state index is 5.67. The summed E-state index contributed by atoms with van der Waals surface area (Å²) in [6.45, 7) is 2.73. The second kappa shape index (κ2) is 11.4. The summed E-state index contributed by atoms with van der Waals surface area (Å²) in [6.07, 6.45) is 12.4. The number of fused-ring (bicyclic) bond motifs is 1. The second-order valence-electron chi connectivity index (χ2n) is 7.25. The van der Waals surface area contributed by atoms with Crippen molar-refractivity contribution in [2.24, 2.45) is 0 Å². The summed E-state index contributed by atoms with van der Waals surface area (Å²) < 4.78 is 5.67. The summed E-state index contributed by atoms with van der Waals surface area (Å²) in [5.74, 6) is 1.01. The van der Waals surface area contributed by atoms with Crippen LogP contribution in [-0.2, 0) is 11.3 Å². The first-order valence-electron chi connectivity index (χ1n) is 9.71. The molecule has 1 saturated heterocycles. The fourth-order valence-electron chi connectivity index (χ4n) is 3.89. The molecular weight excluding hydrogens is 403 g/mol. The summed E-state index contributed by atoms with van der Waals surface area (Å²) in [7, 11) is 0. The molecule has 8 heteroatoms. The molecule has 27 heavy (non-hydrogen) atoms. The number of aromatic nitrogens is 2. The van der Waals surface area contributed by atoms with Crippen molar-refractivity contribution >= 4 is 52.2 Å². The number of anilines is 1. The van der Waals surface area contributed by atoms with E-state index in [9.17, 15) is 0 Å². The zero-order valence-corrected chi connectivity index (χ0v) is 18.1. The van der Waals surface area contributed by atoms with E-state index < -0.39 is 0 Å². The van der Waals surface area contributed by atoms with Crippen molar-refractivity contribution in [2.45, 2.75) is 70.1 Å². The predicted octanol–water partition coefficient (Wildman–Crippen LogP) is 4.94. The molecule has 0 radical (unpaired) electrons. The van der Waals surface area contributed by atoms with Crippen molar-refractivity contribution in [1.82, 2.24) is 15.3 Å². The van der Waals surface area contributed by atoms with Crippen molar-refractivity contribution in [3.63, 3.8) is 0 Å². The molecule has 2 N–H and O–H groups in total. The Morgan fingerprint density at radius 3 is 2.59 bits per heavy atom. The maximum atomic E-state index is 5.67. The van der Waals surface area contributed by atoms with Gasteiger partial charge in [0.1, 0.15) is 17.0 Å². The van der Waals surface area contributed by atoms with Crippen LogP contribution in [0.2, 0.25) is 0 Å². The van der Waals surface area contributed by atoms with Crippen LogP contribution >= 0.6 is 36.2 Å². The van der Waals surface area contributed by atoms with Crippen molar-refractivity contribution in [1.29, 1.82) is 0 Å². The lowest BCUT2D eigenvalue weighted by Gasteiger charge is -2.17. The van der Waals surface area contributed by atoms with Gasteiger partial charge < -0.3 is 15.4 Å². The predicted molar refractivity (Wildman–Crippen MR) is 118 cm³/mol. The largest absolute Gasteiger partial charge is 0.377 e. The lowest BCUT2D eigenvalue weighted by Crippen LogP contribution is -2.25. The topological polar surface area (TPSA) is 59.1 Å². The van der Waals surface area contributed by atoms with E-state index in [-0.39, 0.29) is 24.8 Å². The molecule has 2 aromatic heterocycles. The standard InChI is InChI=1S/C19H28N4OS.2ClH/c1-2-4-7-14(6-3-1)23-18-17-10-16(25-19(17)22-13-21-18)12-20-11-15-8-5-9-24-15;;/h10,13-15,20H,1-9,11-12H2,(H,21,22,23);2*1H/t15-;;/m1../s1. The highest BCUT2D eigenvalue weighted by atomic mass is 35.5. The van der Waals surface area contributed by atoms with Gasteiger partial charge in [-0.05, 0) is 31.7 Å². The van der Waals surface area contributed by atoms with Crippen LogP contribution in [0.15, 0.2) is 12.4 Å². The zero-order valence-electron chi connectivity index (χ0n) is 15.6. The molecule has 2 aliphatic rings. The molecule has 2 aromatic rings. The average molecular weight is 433 g/mol. The van der Waals surface area contributed by atoms with Crippen LogP contribution in [0.25, 0.3) is 10.2 Å². The number of hydrogen-bond donors (Lipinski definition) is 2. The van der Waals surface area contributed by atoms with Crippen molar-refractivity contribution < 1.29 is 4.74 Å². The van der Waals surface area contributed by atoms with Gasteiger partial charge in [-0.2, -0.15) is 0 Å². The summed E-state index contributed by atoms with van der Waals surface area (Å²) >= 11 is 1.77. The highest BCUT2D eigenvalue weighted by Gasteiger charge is 2.17. The van der Waals surface area contributed by atoms with Gasteiger partial charge in [-0.15, -0.1) is 36.2 Å². The van der Waals surface area contributed by atoms with Crippen LogP contribution in [0, 0.1) is 0 Å². The number of hydrogen-bond acceptors (Lipinski definition) is 6. The van der Waals surface area contributed by atoms with Crippen molar-refractivity contribution in [3.8, 4) is 0 Å². The van der Waals surface area contributed by atoms with Crippen LogP contribution in [0.5, 0.6) is 0 Å². The SMILES string of the molecule is Cl.Cl.c1nc(NC2CCCCCC2)c2cc(CNC[C@H]3CCCO3)sc2n1. The van der Waals surface area contributed by atoms with Crippen LogP contribution in [0.1, 0.15) is 56.2 Å². The third kappa shape index (κ3) is 6.16. The Morgan fingerprint density at radius 2 is 1.85 bits per heavy atom. The van der Waals surface area contributed by atoms with Crippen LogP contribution in [0.4, 0.5) is 5.82 Å². The molecule has 2 fully saturated rings. The number of ether oxygens (including phenoxy) is 1. The molecule has 0 spiro atoms. The van der Waals surface area contributed by atoms with Gasteiger partial charge in [0.25, 0.3) is 0 Å². The minimum absolute atomic E-state index is 0. The molecule has 5 nitrogen and oxygen atoms in total. The van der Waals surface area contributed by atoms with Gasteiger partial charge in [0, 0.05) is 30.6 Å². The molecule has 3 heterocycles. The van der Waals surface area contributed by atoms with Crippen LogP contribution in [0.3, 0.4) is 0 Å². The monoisotopic (exact) mass is 432 g/mol. The van der Waals surface area contributed by atoms with E-state index in [2.05, 4.69) is 26.7 Å². The van der Waals surface area contributed by atoms with Crippen molar-refractivity contribution in [2.75, 3.05) is 18.5 Å². The molecule has 0 bridgehead atoms. The Bertz CT molecular complexity index is 685. The quantitative estimate of drug-likeness (QED) is 0.632. The van der Waals surface area contributed by atoms with E-state index in [1.807, 2.05) is 0 Å². The van der Waals surface area contributed by atoms with Crippen LogP contribution in [-0.4, -0.2) is 35.3 Å². The minimum atomic E-state index is 0. The van der Waals surface area contributed by atoms with Gasteiger partial charge >= 0.3 is 0 Å². The molecule has 0 aromatic carbocycles. The lowest BCUT2D eigenvalue weighted by molar-refractivity contribution is 0.110. The first-order valence-corrected chi connectivity index (χ1v) is 10.5. The van der Waals surface area contributed by atoms with E-state index >= 15 is 0 Å². The Labute approximate surface area is 177 Å². The van der Waals surface area contributed by atoms with Gasteiger partial charge in [-0.3, -0.25) is 0 Å². The first-order chi connectivity index (χ1) is 12.4. The molecule has 4 rings (SSSR count). The summed E-state index contributed by atoms with van der Waals surface area (Å²) in [4.78, 5) is 11.4. The number of halogens is 2. The average Bonchev–Trinajstić information content (AvgIpc) is 3.21. The molecular formula is C19H30Cl2N4OS. The minimum Gasteiger partial charge on any atom is -0.377 e. The zero-order chi connectivity index (χ0) is 16.9. The summed E-state index contributed by atoms with van der Waals surface area (Å²) in [5.41, 5.74) is 0. The van der Waals surface area contributed by atoms with E-state index in [0.717, 1.165) is 30.3 Å². The number of nitrogens with one attached hydrogen (secondary N) is 2. The van der Waals surface area contributed by atoms with Crippen LogP contribution < -0.4 is 10.6 Å². The molecule has 1 atom stereocenters. The van der Waals surface area contributed by atoms with Gasteiger partial charge in [-0.25, -0.2) is 9.97 Å². The smallest absolute Gasteiger partial charge is 0.138 e. The van der Waals surface area contributed by atoms with Gasteiger partial charge in [0.2, 0.25) is 0 Å². The molecule has 1 aliphatic heterocycles. The fraction of sp³-hybridized carbons (Fsp3) is 0.684. The van der Waals surface area contributed by atoms with E-state index in [0.29, 0.717) is 12.1 Å². The summed E-state index contributed by atoms with van der Waals surface area (Å²) in [5, 5.41) is 8.40. The Kier molecular flexibility index (Phi) is 9.53. The second-order valence-corrected chi connectivity index (χ2v) is 8.37. The van der Waals surface area contributed by atoms with E-state index in [1.54, 1.807) is 17.7 Å². The Balaban J connectivity index is 0.00000131. The summed E-state index contributed by atoms with van der Waals surface area (Å²) in [6, 6.07) is 2.81. The Morgan fingerprint density at radius 1 is 1.04 bits per heavy atom. The normalized spacial score (nSPS) is 20.7. The molecule has 0 unspecified atom stereocenters. The van der Waals surface area contributed by atoms with Gasteiger partial charge in [0.05, 0.1) is 11.5 Å². The Hall–Kier alpha value is -0.660. The number of rotatable bonds is 6. The van der Waals surface area contributed by atoms with Gasteiger partial charge in [0.15, 0.2) is 0 Å². The number of nitrogens with zero attached hydrogens (tertiary/aromatic N) is 2. The maximum Gasteiger partial charge on any atom is 0.138 e.